The summed E-state index contributed by atoms with van der Waals surface area (Å²) in [6.07, 6.45) is 0. The first-order chi connectivity index (χ1) is 8.66. The van der Waals surface area contributed by atoms with E-state index in [0.29, 0.717) is 0 Å². The van der Waals surface area contributed by atoms with Crippen LogP contribution in [-0.2, 0) is 6.54 Å². The molecule has 19 heavy (non-hydrogen) atoms. The number of hydrogen-bond acceptors (Lipinski definition) is 1. The van der Waals surface area contributed by atoms with Crippen LogP contribution in [0.2, 0.25) is 0 Å². The molecule has 0 saturated carbocycles. The average molecular weight is 320 g/mol. The lowest BCUT2D eigenvalue weighted by atomic mass is 10.0. The Hall–Kier alpha value is -1.45. The Labute approximate surface area is 124 Å². The van der Waals surface area contributed by atoms with Crippen LogP contribution in [0.1, 0.15) is 21.5 Å². The van der Waals surface area contributed by atoms with Crippen molar-refractivity contribution in [2.75, 3.05) is 14.1 Å². The van der Waals surface area contributed by atoms with Gasteiger partial charge in [-0.1, -0.05) is 54.6 Å². The lowest BCUT2D eigenvalue weighted by Crippen LogP contribution is -3.04. The Morgan fingerprint density at radius 3 is 1.95 bits per heavy atom. The minimum atomic E-state index is 0. The molecule has 0 radical (unpaired) electrons. The Kier molecular flexibility index (Phi) is 5.93. The van der Waals surface area contributed by atoms with Crippen molar-refractivity contribution in [2.45, 2.75) is 6.54 Å². The van der Waals surface area contributed by atoms with E-state index in [2.05, 4.69) is 14.1 Å². The molecule has 3 heteroatoms. The van der Waals surface area contributed by atoms with Gasteiger partial charge in [-0.25, -0.2) is 0 Å². The number of halogens is 1. The summed E-state index contributed by atoms with van der Waals surface area (Å²) >= 11 is 0. The lowest BCUT2D eigenvalue weighted by molar-refractivity contribution is -0.872. The lowest BCUT2D eigenvalue weighted by Gasteiger charge is -2.07. The molecule has 0 saturated heterocycles. The Morgan fingerprint density at radius 1 is 0.895 bits per heavy atom. The number of nitrogens with one attached hydrogen (secondary N) is 1. The fourth-order valence-corrected chi connectivity index (χ4v) is 1.94. The van der Waals surface area contributed by atoms with Gasteiger partial charge in [0, 0.05) is 16.7 Å². The molecule has 0 aromatic heterocycles. The standard InChI is InChI=1S/C16H17NO.BrH/c1-17(2)12-13-8-10-15(11-9-13)16(18)14-6-4-3-5-7-14;/h3-11H,12H2,1-2H3;1H. The topological polar surface area (TPSA) is 21.5 Å². The summed E-state index contributed by atoms with van der Waals surface area (Å²) in [5.74, 6) is 0.0827. The third kappa shape index (κ3) is 4.30. The predicted molar refractivity (Wildman–Crippen MR) is 72.8 cm³/mol. The summed E-state index contributed by atoms with van der Waals surface area (Å²) in [5, 5.41) is 0. The average Bonchev–Trinajstić information content (AvgIpc) is 2.39. The second kappa shape index (κ2) is 7.22. The van der Waals surface area contributed by atoms with Crippen LogP contribution >= 0.6 is 0 Å². The van der Waals surface area contributed by atoms with E-state index >= 15 is 0 Å². The van der Waals surface area contributed by atoms with E-state index in [1.807, 2.05) is 54.6 Å². The van der Waals surface area contributed by atoms with Crippen molar-refractivity contribution in [3.05, 3.63) is 71.3 Å². The fraction of sp³-hybridized carbons (Fsp3) is 0.188. The van der Waals surface area contributed by atoms with Crippen LogP contribution in [0, 0.1) is 0 Å². The van der Waals surface area contributed by atoms with E-state index in [-0.39, 0.29) is 22.8 Å². The van der Waals surface area contributed by atoms with Gasteiger partial charge in [-0.3, -0.25) is 4.79 Å². The maximum Gasteiger partial charge on any atom is 0.193 e. The molecule has 0 unspecified atom stereocenters. The van der Waals surface area contributed by atoms with Gasteiger partial charge in [-0.05, 0) is 0 Å². The van der Waals surface area contributed by atoms with Crippen molar-refractivity contribution in [3.63, 3.8) is 0 Å². The summed E-state index contributed by atoms with van der Waals surface area (Å²) in [7, 11) is 4.23. The van der Waals surface area contributed by atoms with E-state index < -0.39 is 0 Å². The van der Waals surface area contributed by atoms with Gasteiger partial charge < -0.3 is 21.9 Å². The zero-order valence-electron chi connectivity index (χ0n) is 11.2. The zero-order chi connectivity index (χ0) is 13.0. The molecule has 2 aromatic carbocycles. The molecule has 2 nitrogen and oxygen atoms in total. The monoisotopic (exact) mass is 319 g/mol. The highest BCUT2D eigenvalue weighted by Crippen LogP contribution is 2.10. The molecule has 0 aliphatic heterocycles. The third-order valence-corrected chi connectivity index (χ3v) is 2.81. The second-order valence-electron chi connectivity index (χ2n) is 4.78. The Morgan fingerprint density at radius 2 is 1.42 bits per heavy atom. The van der Waals surface area contributed by atoms with Crippen molar-refractivity contribution in [2.24, 2.45) is 0 Å². The number of ketones is 1. The molecular formula is C16H18BrNO. The third-order valence-electron chi connectivity index (χ3n) is 2.81. The smallest absolute Gasteiger partial charge is 0.193 e. The molecule has 0 aliphatic rings. The normalized spacial score (nSPS) is 10.1. The summed E-state index contributed by atoms with van der Waals surface area (Å²) in [4.78, 5) is 13.5. The van der Waals surface area contributed by atoms with Gasteiger partial charge >= 0.3 is 0 Å². The molecule has 0 spiro atoms. The Balaban J connectivity index is 0.00000180. The van der Waals surface area contributed by atoms with E-state index in [1.54, 1.807) is 0 Å². The highest BCUT2D eigenvalue weighted by atomic mass is 79.9. The summed E-state index contributed by atoms with van der Waals surface area (Å²) in [6.45, 7) is 0.972. The molecule has 0 aliphatic carbocycles. The second-order valence-corrected chi connectivity index (χ2v) is 4.78. The largest absolute Gasteiger partial charge is 1.00 e. The van der Waals surface area contributed by atoms with Crippen LogP contribution in [0.5, 0.6) is 0 Å². The first-order valence-corrected chi connectivity index (χ1v) is 6.14. The number of carbonyl (C=O) groups is 1. The van der Waals surface area contributed by atoms with Gasteiger partial charge in [0.2, 0.25) is 0 Å². The van der Waals surface area contributed by atoms with E-state index in [4.69, 9.17) is 0 Å². The molecule has 0 fully saturated rings. The van der Waals surface area contributed by atoms with Gasteiger partial charge in [-0.2, -0.15) is 0 Å². The van der Waals surface area contributed by atoms with E-state index in [0.717, 1.165) is 17.7 Å². The molecular weight excluding hydrogens is 302 g/mol. The highest BCUT2D eigenvalue weighted by molar-refractivity contribution is 6.08. The SMILES string of the molecule is C[NH+](C)Cc1ccc(C(=O)c2ccccc2)cc1.[Br-]. The molecule has 2 aromatic rings. The number of quaternary nitrogens is 1. The molecule has 2 rings (SSSR count). The van der Waals surface area contributed by atoms with Crippen LogP contribution in [0.4, 0.5) is 0 Å². The minimum absolute atomic E-state index is 0. The van der Waals surface area contributed by atoms with Gasteiger partial charge in [0.25, 0.3) is 0 Å². The number of hydrogen-bond donors (Lipinski definition) is 1. The van der Waals surface area contributed by atoms with Crippen molar-refractivity contribution in [1.29, 1.82) is 0 Å². The summed E-state index contributed by atoms with van der Waals surface area (Å²) in [6, 6.07) is 17.3. The van der Waals surface area contributed by atoms with Crippen LogP contribution in [0.25, 0.3) is 0 Å². The summed E-state index contributed by atoms with van der Waals surface area (Å²) in [5.41, 5.74) is 2.74. The van der Waals surface area contributed by atoms with Gasteiger partial charge in [-0.15, -0.1) is 0 Å². The van der Waals surface area contributed by atoms with E-state index in [1.165, 1.54) is 10.5 Å². The highest BCUT2D eigenvalue weighted by Gasteiger charge is 2.08. The molecule has 0 atom stereocenters. The molecule has 0 amide bonds. The maximum absolute atomic E-state index is 12.2. The van der Waals surface area contributed by atoms with Crippen LogP contribution in [-0.4, -0.2) is 19.9 Å². The van der Waals surface area contributed by atoms with E-state index in [9.17, 15) is 4.79 Å². The number of benzene rings is 2. The van der Waals surface area contributed by atoms with Crippen LogP contribution < -0.4 is 21.9 Å². The molecule has 1 N–H and O–H groups in total. The first kappa shape index (κ1) is 15.6. The van der Waals surface area contributed by atoms with Crippen LogP contribution in [0.15, 0.2) is 54.6 Å². The number of carbonyl (C=O) groups excluding carboxylic acids is 1. The van der Waals surface area contributed by atoms with Crippen molar-refractivity contribution in [1.82, 2.24) is 0 Å². The zero-order valence-corrected chi connectivity index (χ0v) is 12.8. The minimum Gasteiger partial charge on any atom is -1.00 e. The number of rotatable bonds is 4. The van der Waals surface area contributed by atoms with Crippen molar-refractivity contribution < 1.29 is 26.7 Å². The molecule has 100 valence electrons. The van der Waals surface area contributed by atoms with Crippen molar-refractivity contribution in [3.8, 4) is 0 Å². The molecule has 0 bridgehead atoms. The Bertz CT molecular complexity index is 520. The maximum atomic E-state index is 12.2. The predicted octanol–water partition coefficient (Wildman–Crippen LogP) is -1.43. The molecule has 0 heterocycles. The first-order valence-electron chi connectivity index (χ1n) is 6.14. The van der Waals surface area contributed by atoms with Gasteiger partial charge in [0.15, 0.2) is 5.78 Å². The van der Waals surface area contributed by atoms with Gasteiger partial charge in [0.05, 0.1) is 14.1 Å². The fourth-order valence-electron chi connectivity index (χ4n) is 1.94. The van der Waals surface area contributed by atoms with Crippen molar-refractivity contribution >= 4 is 5.78 Å². The van der Waals surface area contributed by atoms with Crippen LogP contribution in [0.3, 0.4) is 0 Å². The quantitative estimate of drug-likeness (QED) is 0.685. The van der Waals surface area contributed by atoms with Gasteiger partial charge in [0.1, 0.15) is 6.54 Å². The summed E-state index contributed by atoms with van der Waals surface area (Å²) < 4.78 is 0.